The van der Waals surface area contributed by atoms with Gasteiger partial charge in [0.15, 0.2) is 0 Å². The molecule has 1 fully saturated rings. The van der Waals surface area contributed by atoms with Crippen molar-refractivity contribution in [1.29, 1.82) is 0 Å². The van der Waals surface area contributed by atoms with Gasteiger partial charge < -0.3 is 10.0 Å². The molecular weight excluding hydrogens is 336 g/mol. The highest BCUT2D eigenvalue weighted by Crippen LogP contribution is 2.35. The number of amides is 1. The number of halogens is 1. The summed E-state index contributed by atoms with van der Waals surface area (Å²) < 4.78 is 0. The highest BCUT2D eigenvalue weighted by atomic mass is 35.5. The minimum atomic E-state index is -0.222. The average molecular weight is 353 g/mol. The molecule has 4 nitrogen and oxygen atoms in total. The number of carbonyl (C=O) groups excluding carboxylic acids is 1. The molecule has 1 unspecified atom stereocenters. The Labute approximate surface area is 150 Å². The van der Waals surface area contributed by atoms with E-state index in [0.717, 1.165) is 23.8 Å². The standard InChI is InChI=1S/C20H17ClN2O2/c21-15-7-3-6-14(11-15)18-9-4-10-23(18)20(25)16-12-13-5-1-2-8-17(13)22-19(16)24/h1-3,5-8,11-12,18H,4,9-10H2,(H,22,24). The Morgan fingerprint density at radius 3 is 2.84 bits per heavy atom. The van der Waals surface area contributed by atoms with E-state index in [2.05, 4.69) is 4.98 Å². The van der Waals surface area contributed by atoms with Crippen LogP contribution in [0.5, 0.6) is 5.88 Å². The summed E-state index contributed by atoms with van der Waals surface area (Å²) in [6.45, 7) is 0.655. The molecule has 1 aliphatic rings. The van der Waals surface area contributed by atoms with Crippen LogP contribution < -0.4 is 0 Å². The van der Waals surface area contributed by atoms with Crippen LogP contribution in [0.1, 0.15) is 34.8 Å². The first-order valence-corrected chi connectivity index (χ1v) is 8.66. The van der Waals surface area contributed by atoms with Gasteiger partial charge in [-0.25, -0.2) is 4.98 Å². The smallest absolute Gasteiger partial charge is 0.259 e. The van der Waals surface area contributed by atoms with E-state index in [1.54, 1.807) is 11.0 Å². The molecule has 1 amide bonds. The zero-order valence-electron chi connectivity index (χ0n) is 13.5. The maximum atomic E-state index is 13.1. The summed E-state index contributed by atoms with van der Waals surface area (Å²) in [6, 6.07) is 16.7. The van der Waals surface area contributed by atoms with Crippen molar-refractivity contribution < 1.29 is 9.90 Å². The highest BCUT2D eigenvalue weighted by Gasteiger charge is 2.32. The van der Waals surface area contributed by atoms with Crippen LogP contribution in [0.3, 0.4) is 0 Å². The summed E-state index contributed by atoms with van der Waals surface area (Å²) in [6.07, 6.45) is 1.80. The highest BCUT2D eigenvalue weighted by molar-refractivity contribution is 6.30. The quantitative estimate of drug-likeness (QED) is 0.735. The van der Waals surface area contributed by atoms with Crippen LogP contribution in [-0.4, -0.2) is 27.4 Å². The van der Waals surface area contributed by atoms with Crippen LogP contribution in [0.2, 0.25) is 5.02 Å². The van der Waals surface area contributed by atoms with E-state index >= 15 is 0 Å². The van der Waals surface area contributed by atoms with E-state index in [1.807, 2.05) is 48.5 Å². The molecule has 5 heteroatoms. The zero-order valence-corrected chi connectivity index (χ0v) is 14.3. The van der Waals surface area contributed by atoms with Gasteiger partial charge in [0.2, 0.25) is 5.88 Å². The predicted octanol–water partition coefficient (Wildman–Crippen LogP) is 4.57. The van der Waals surface area contributed by atoms with Crippen LogP contribution in [0.25, 0.3) is 10.9 Å². The van der Waals surface area contributed by atoms with Crippen molar-refractivity contribution in [2.45, 2.75) is 18.9 Å². The Kier molecular flexibility index (Phi) is 4.06. The number of para-hydroxylation sites is 1. The molecule has 2 aromatic carbocycles. The van der Waals surface area contributed by atoms with Gasteiger partial charge in [0, 0.05) is 17.0 Å². The van der Waals surface area contributed by atoms with Crippen LogP contribution >= 0.6 is 11.6 Å². The molecule has 1 saturated heterocycles. The maximum absolute atomic E-state index is 13.1. The number of hydrogen-bond acceptors (Lipinski definition) is 3. The fourth-order valence-electron chi connectivity index (χ4n) is 3.49. The van der Waals surface area contributed by atoms with Crippen LogP contribution in [0.4, 0.5) is 0 Å². The Bertz CT molecular complexity index is 957. The van der Waals surface area contributed by atoms with E-state index in [1.165, 1.54) is 0 Å². The maximum Gasteiger partial charge on any atom is 0.259 e. The molecule has 0 bridgehead atoms. The predicted molar refractivity (Wildman–Crippen MR) is 97.9 cm³/mol. The lowest BCUT2D eigenvalue weighted by Gasteiger charge is -2.25. The fourth-order valence-corrected chi connectivity index (χ4v) is 3.69. The summed E-state index contributed by atoms with van der Waals surface area (Å²) in [5, 5.41) is 11.8. The summed E-state index contributed by atoms with van der Waals surface area (Å²) in [4.78, 5) is 19.0. The number of likely N-dealkylation sites (tertiary alicyclic amines) is 1. The van der Waals surface area contributed by atoms with Crippen molar-refractivity contribution in [2.75, 3.05) is 6.54 Å². The molecule has 126 valence electrons. The number of aromatic hydroxyl groups is 1. The summed E-state index contributed by atoms with van der Waals surface area (Å²) in [5.74, 6) is -0.418. The Morgan fingerprint density at radius 1 is 1.16 bits per heavy atom. The molecule has 1 atom stereocenters. The minimum Gasteiger partial charge on any atom is -0.493 e. The van der Waals surface area contributed by atoms with Gasteiger partial charge in [-0.1, -0.05) is 41.9 Å². The average Bonchev–Trinajstić information content (AvgIpc) is 3.10. The van der Waals surface area contributed by atoms with Crippen molar-refractivity contribution in [2.24, 2.45) is 0 Å². The van der Waals surface area contributed by atoms with Crippen molar-refractivity contribution >= 4 is 28.4 Å². The zero-order chi connectivity index (χ0) is 17.4. The summed E-state index contributed by atoms with van der Waals surface area (Å²) in [7, 11) is 0. The number of aromatic nitrogens is 1. The van der Waals surface area contributed by atoms with Crippen LogP contribution in [0, 0.1) is 0 Å². The number of hydrogen-bond donors (Lipinski definition) is 1. The van der Waals surface area contributed by atoms with E-state index in [-0.39, 0.29) is 23.4 Å². The molecule has 25 heavy (non-hydrogen) atoms. The van der Waals surface area contributed by atoms with Crippen molar-refractivity contribution in [1.82, 2.24) is 9.88 Å². The second-order valence-corrected chi connectivity index (χ2v) is 6.70. The molecule has 1 aliphatic heterocycles. The van der Waals surface area contributed by atoms with Crippen molar-refractivity contribution in [3.63, 3.8) is 0 Å². The van der Waals surface area contributed by atoms with Gasteiger partial charge >= 0.3 is 0 Å². The van der Waals surface area contributed by atoms with Gasteiger partial charge in [-0.3, -0.25) is 4.79 Å². The van der Waals surface area contributed by atoms with Gasteiger partial charge in [0.05, 0.1) is 11.6 Å². The molecular formula is C20H17ClN2O2. The number of nitrogens with zero attached hydrogens (tertiary/aromatic N) is 2. The second kappa shape index (κ2) is 6.37. The normalized spacial score (nSPS) is 17.2. The largest absolute Gasteiger partial charge is 0.493 e. The van der Waals surface area contributed by atoms with Crippen molar-refractivity contribution in [3.05, 3.63) is 70.7 Å². The molecule has 1 aromatic heterocycles. The Morgan fingerprint density at radius 2 is 2.00 bits per heavy atom. The van der Waals surface area contributed by atoms with Gasteiger partial charge in [-0.05, 0) is 42.7 Å². The lowest BCUT2D eigenvalue weighted by Crippen LogP contribution is -2.30. The van der Waals surface area contributed by atoms with Gasteiger partial charge in [-0.2, -0.15) is 0 Å². The van der Waals surface area contributed by atoms with Crippen LogP contribution in [-0.2, 0) is 0 Å². The third-order valence-electron chi connectivity index (χ3n) is 4.68. The first kappa shape index (κ1) is 15.9. The summed E-state index contributed by atoms with van der Waals surface area (Å²) in [5.41, 5.74) is 1.93. The van der Waals surface area contributed by atoms with E-state index in [0.29, 0.717) is 17.1 Å². The molecule has 0 saturated carbocycles. The molecule has 0 spiro atoms. The first-order chi connectivity index (χ1) is 12.1. The topological polar surface area (TPSA) is 53.4 Å². The summed E-state index contributed by atoms with van der Waals surface area (Å²) >= 11 is 6.10. The van der Waals surface area contributed by atoms with Crippen LogP contribution in [0.15, 0.2) is 54.6 Å². The third-order valence-corrected chi connectivity index (χ3v) is 4.92. The fraction of sp³-hybridized carbons (Fsp3) is 0.200. The SMILES string of the molecule is O=C(c1cc2ccccc2nc1O)N1CCCC1c1cccc(Cl)c1. The molecule has 4 rings (SSSR count). The van der Waals surface area contributed by atoms with Gasteiger partial charge in [0.25, 0.3) is 5.91 Å². The number of fused-ring (bicyclic) bond motifs is 1. The molecule has 1 N–H and O–H groups in total. The first-order valence-electron chi connectivity index (χ1n) is 8.28. The van der Waals surface area contributed by atoms with Gasteiger partial charge in [-0.15, -0.1) is 0 Å². The monoisotopic (exact) mass is 352 g/mol. The molecule has 0 radical (unpaired) electrons. The Balaban J connectivity index is 1.71. The minimum absolute atomic E-state index is 0.0305. The number of pyridine rings is 1. The number of benzene rings is 2. The Hall–Kier alpha value is -2.59. The molecule has 0 aliphatic carbocycles. The van der Waals surface area contributed by atoms with E-state index < -0.39 is 0 Å². The van der Waals surface area contributed by atoms with E-state index in [4.69, 9.17) is 11.6 Å². The molecule has 2 heterocycles. The van der Waals surface area contributed by atoms with Gasteiger partial charge in [0.1, 0.15) is 5.56 Å². The third kappa shape index (κ3) is 2.94. The number of carbonyl (C=O) groups is 1. The molecule has 3 aromatic rings. The van der Waals surface area contributed by atoms with Crippen molar-refractivity contribution in [3.8, 4) is 5.88 Å². The lowest BCUT2D eigenvalue weighted by atomic mass is 10.0. The number of rotatable bonds is 2. The second-order valence-electron chi connectivity index (χ2n) is 6.26. The lowest BCUT2D eigenvalue weighted by molar-refractivity contribution is 0.0732. The van der Waals surface area contributed by atoms with E-state index in [9.17, 15) is 9.90 Å².